The van der Waals surface area contributed by atoms with Crippen molar-refractivity contribution in [2.24, 2.45) is 5.92 Å². The highest BCUT2D eigenvalue weighted by atomic mass is 15.0. The number of nitrogens with one attached hydrogen (secondary N) is 1. The number of hydrogen-bond acceptors (Lipinski definition) is 2. The monoisotopic (exact) mass is 207 g/mol. The molecular weight excluding hydrogens is 186 g/mol. The number of hydrogen-bond donors (Lipinski definition) is 1. The molecule has 0 bridgehead atoms. The van der Waals surface area contributed by atoms with Gasteiger partial charge >= 0.3 is 0 Å². The van der Waals surface area contributed by atoms with Crippen LogP contribution in [-0.4, -0.2) is 22.1 Å². The zero-order valence-electron chi connectivity index (χ0n) is 9.52. The van der Waals surface area contributed by atoms with Crippen molar-refractivity contribution in [2.75, 3.05) is 6.54 Å². The third kappa shape index (κ3) is 3.34. The molecule has 0 radical (unpaired) electrons. The van der Waals surface area contributed by atoms with Crippen LogP contribution >= 0.6 is 0 Å². The van der Waals surface area contributed by atoms with Crippen LogP contribution in [0.4, 0.5) is 0 Å². The minimum atomic E-state index is 0.666. The topological polar surface area (TPSA) is 29.9 Å². The van der Waals surface area contributed by atoms with Gasteiger partial charge in [0.05, 0.1) is 6.33 Å². The van der Waals surface area contributed by atoms with E-state index in [9.17, 15) is 0 Å². The third-order valence-electron chi connectivity index (χ3n) is 3.33. The van der Waals surface area contributed by atoms with Crippen molar-refractivity contribution in [3.8, 4) is 0 Å². The summed E-state index contributed by atoms with van der Waals surface area (Å²) in [5, 5.41) is 3.57. The van der Waals surface area contributed by atoms with E-state index in [4.69, 9.17) is 0 Å². The molecule has 1 aromatic heterocycles. The molecule has 1 fully saturated rings. The van der Waals surface area contributed by atoms with Gasteiger partial charge in [-0.05, 0) is 19.3 Å². The first kappa shape index (κ1) is 10.7. The molecule has 1 unspecified atom stereocenters. The molecule has 15 heavy (non-hydrogen) atoms. The highest BCUT2D eigenvalue weighted by Gasteiger charge is 2.19. The molecule has 2 rings (SSSR count). The fraction of sp³-hybridized carbons (Fsp3) is 0.750. The van der Waals surface area contributed by atoms with Gasteiger partial charge in [0.2, 0.25) is 0 Å². The van der Waals surface area contributed by atoms with E-state index in [1.54, 1.807) is 0 Å². The van der Waals surface area contributed by atoms with E-state index < -0.39 is 0 Å². The minimum absolute atomic E-state index is 0.666. The maximum absolute atomic E-state index is 4.03. The normalized spacial score (nSPS) is 18.7. The Morgan fingerprint density at radius 1 is 1.53 bits per heavy atom. The predicted molar refractivity (Wildman–Crippen MR) is 61.6 cm³/mol. The first-order valence-electron chi connectivity index (χ1n) is 6.03. The minimum Gasteiger partial charge on any atom is -0.336 e. The molecule has 84 valence electrons. The highest BCUT2D eigenvalue weighted by molar-refractivity contribution is 4.76. The van der Waals surface area contributed by atoms with Gasteiger partial charge in [-0.1, -0.05) is 19.3 Å². The summed E-state index contributed by atoms with van der Waals surface area (Å²) in [4.78, 5) is 4.03. The molecule has 3 heteroatoms. The van der Waals surface area contributed by atoms with E-state index in [-0.39, 0.29) is 0 Å². The molecule has 3 nitrogen and oxygen atoms in total. The number of nitrogens with zero attached hydrogens (tertiary/aromatic N) is 2. The summed E-state index contributed by atoms with van der Waals surface area (Å²) in [6.07, 6.45) is 11.4. The summed E-state index contributed by atoms with van der Waals surface area (Å²) in [7, 11) is 0. The molecule has 1 heterocycles. The second kappa shape index (κ2) is 5.31. The van der Waals surface area contributed by atoms with E-state index in [1.807, 2.05) is 18.7 Å². The van der Waals surface area contributed by atoms with Crippen molar-refractivity contribution in [3.63, 3.8) is 0 Å². The fourth-order valence-electron chi connectivity index (χ4n) is 2.17. The van der Waals surface area contributed by atoms with Gasteiger partial charge in [0.15, 0.2) is 0 Å². The lowest BCUT2D eigenvalue weighted by Crippen LogP contribution is -2.32. The SMILES string of the molecule is CC(CC1CCC1)NCCn1ccnc1. The Kier molecular flexibility index (Phi) is 3.78. The van der Waals surface area contributed by atoms with Gasteiger partial charge in [-0.2, -0.15) is 0 Å². The van der Waals surface area contributed by atoms with Gasteiger partial charge in [0.25, 0.3) is 0 Å². The maximum atomic E-state index is 4.03. The van der Waals surface area contributed by atoms with Crippen molar-refractivity contribution in [2.45, 2.75) is 45.2 Å². The van der Waals surface area contributed by atoms with Crippen LogP contribution in [0, 0.1) is 5.92 Å². The predicted octanol–water partition coefficient (Wildman–Crippen LogP) is 2.05. The largest absolute Gasteiger partial charge is 0.336 e. The van der Waals surface area contributed by atoms with Gasteiger partial charge < -0.3 is 9.88 Å². The molecule has 1 saturated carbocycles. The van der Waals surface area contributed by atoms with Crippen LogP contribution in [0.25, 0.3) is 0 Å². The van der Waals surface area contributed by atoms with Gasteiger partial charge in [0.1, 0.15) is 0 Å². The summed E-state index contributed by atoms with van der Waals surface area (Å²) >= 11 is 0. The van der Waals surface area contributed by atoms with Gasteiger partial charge in [-0.3, -0.25) is 0 Å². The zero-order valence-corrected chi connectivity index (χ0v) is 9.52. The number of imidazole rings is 1. The maximum Gasteiger partial charge on any atom is 0.0946 e. The van der Waals surface area contributed by atoms with Gasteiger partial charge in [-0.15, -0.1) is 0 Å². The molecule has 1 aliphatic rings. The summed E-state index contributed by atoms with van der Waals surface area (Å²) in [6, 6.07) is 0.666. The average molecular weight is 207 g/mol. The van der Waals surface area contributed by atoms with E-state index in [1.165, 1.54) is 25.7 Å². The lowest BCUT2D eigenvalue weighted by atomic mass is 9.81. The lowest BCUT2D eigenvalue weighted by molar-refractivity contribution is 0.265. The summed E-state index contributed by atoms with van der Waals surface area (Å²) < 4.78 is 2.11. The van der Waals surface area contributed by atoms with E-state index in [0.717, 1.165) is 19.0 Å². The Labute approximate surface area is 91.9 Å². The van der Waals surface area contributed by atoms with E-state index in [2.05, 4.69) is 21.8 Å². The van der Waals surface area contributed by atoms with Crippen molar-refractivity contribution >= 4 is 0 Å². The lowest BCUT2D eigenvalue weighted by Gasteiger charge is -2.28. The van der Waals surface area contributed by atoms with E-state index >= 15 is 0 Å². The molecule has 0 aromatic carbocycles. The standard InChI is InChI=1S/C12H21N3/c1-11(9-12-3-2-4-12)14-6-8-15-7-5-13-10-15/h5,7,10-12,14H,2-4,6,8-9H2,1H3. The Morgan fingerprint density at radius 3 is 3.00 bits per heavy atom. The second-order valence-electron chi connectivity index (χ2n) is 4.69. The summed E-state index contributed by atoms with van der Waals surface area (Å²) in [5.74, 6) is 1.00. The summed E-state index contributed by atoms with van der Waals surface area (Å²) in [5.41, 5.74) is 0. The zero-order chi connectivity index (χ0) is 10.5. The first-order chi connectivity index (χ1) is 7.34. The van der Waals surface area contributed by atoms with Crippen molar-refractivity contribution in [1.82, 2.24) is 14.9 Å². The number of rotatable bonds is 6. The average Bonchev–Trinajstić information content (AvgIpc) is 2.64. The van der Waals surface area contributed by atoms with Crippen LogP contribution < -0.4 is 5.32 Å². The second-order valence-corrected chi connectivity index (χ2v) is 4.69. The molecule has 0 aliphatic heterocycles. The van der Waals surface area contributed by atoms with Crippen LogP contribution in [0.15, 0.2) is 18.7 Å². The molecule has 1 aromatic rings. The van der Waals surface area contributed by atoms with Crippen molar-refractivity contribution < 1.29 is 0 Å². The van der Waals surface area contributed by atoms with Crippen molar-refractivity contribution in [1.29, 1.82) is 0 Å². The van der Waals surface area contributed by atoms with Crippen LogP contribution in [0.2, 0.25) is 0 Å². The van der Waals surface area contributed by atoms with Crippen molar-refractivity contribution in [3.05, 3.63) is 18.7 Å². The smallest absolute Gasteiger partial charge is 0.0946 e. The van der Waals surface area contributed by atoms with Crippen LogP contribution in [0.3, 0.4) is 0 Å². The van der Waals surface area contributed by atoms with Gasteiger partial charge in [0, 0.05) is 31.5 Å². The Hall–Kier alpha value is -0.830. The van der Waals surface area contributed by atoms with Gasteiger partial charge in [-0.25, -0.2) is 4.98 Å². The molecule has 1 aliphatic carbocycles. The third-order valence-corrected chi connectivity index (χ3v) is 3.33. The highest BCUT2D eigenvalue weighted by Crippen LogP contribution is 2.30. The molecule has 0 saturated heterocycles. The summed E-state index contributed by atoms with van der Waals surface area (Å²) in [6.45, 7) is 4.37. The number of aromatic nitrogens is 2. The Bertz CT molecular complexity index is 264. The van der Waals surface area contributed by atoms with Crippen LogP contribution in [-0.2, 0) is 6.54 Å². The van der Waals surface area contributed by atoms with Crippen LogP contribution in [0.5, 0.6) is 0 Å². The molecular formula is C12H21N3. The Morgan fingerprint density at radius 2 is 2.40 bits per heavy atom. The quantitative estimate of drug-likeness (QED) is 0.773. The molecule has 0 spiro atoms. The fourth-order valence-corrected chi connectivity index (χ4v) is 2.17. The van der Waals surface area contributed by atoms with E-state index in [0.29, 0.717) is 6.04 Å². The molecule has 0 amide bonds. The molecule has 1 atom stereocenters. The van der Waals surface area contributed by atoms with Crippen LogP contribution in [0.1, 0.15) is 32.6 Å². The first-order valence-corrected chi connectivity index (χ1v) is 6.03. The molecule has 1 N–H and O–H groups in total. The Balaban J connectivity index is 1.56.